The van der Waals surface area contributed by atoms with Crippen molar-refractivity contribution in [1.29, 1.82) is 0 Å². The summed E-state index contributed by atoms with van der Waals surface area (Å²) in [5, 5.41) is 0.798. The molecule has 0 bridgehead atoms. The first kappa shape index (κ1) is 18.7. The lowest BCUT2D eigenvalue weighted by atomic mass is 10.1. The van der Waals surface area contributed by atoms with Gasteiger partial charge in [-0.2, -0.15) is 0 Å². The van der Waals surface area contributed by atoms with Gasteiger partial charge in [0.2, 0.25) is 0 Å². The topological polar surface area (TPSA) is 68.3 Å². The maximum atomic E-state index is 12.5. The van der Waals surface area contributed by atoms with Crippen LogP contribution >= 0.6 is 22.9 Å². The van der Waals surface area contributed by atoms with Crippen molar-refractivity contribution >= 4 is 38.1 Å². The lowest BCUT2D eigenvalue weighted by molar-refractivity contribution is 0.412. The molecular weight excluding hydrogens is 392 g/mol. The molecule has 0 aliphatic rings. The Morgan fingerprint density at radius 1 is 1.12 bits per heavy atom. The number of hydrogen-bond acceptors (Lipinski definition) is 5. The Hall–Kier alpha value is -2.09. The number of anilines is 1. The zero-order valence-corrected chi connectivity index (χ0v) is 16.8. The van der Waals surface area contributed by atoms with Crippen LogP contribution in [0.1, 0.15) is 10.4 Å². The van der Waals surface area contributed by atoms with E-state index in [1.807, 2.05) is 32.0 Å². The van der Waals surface area contributed by atoms with Crippen LogP contribution < -0.4 is 9.46 Å². The van der Waals surface area contributed by atoms with E-state index in [1.165, 1.54) is 35.6 Å². The lowest BCUT2D eigenvalue weighted by Gasteiger charge is -2.06. The second-order valence-electron chi connectivity index (χ2n) is 5.67. The van der Waals surface area contributed by atoms with Crippen LogP contribution in [-0.4, -0.2) is 20.5 Å². The molecule has 3 aromatic rings. The molecule has 1 heterocycles. The fourth-order valence-corrected chi connectivity index (χ4v) is 4.72. The molecule has 8 heteroatoms. The smallest absolute Gasteiger partial charge is 0.263 e. The van der Waals surface area contributed by atoms with Crippen LogP contribution in [0.4, 0.5) is 5.13 Å². The first-order valence-corrected chi connectivity index (χ1v) is 10.4. The number of rotatable bonds is 5. The summed E-state index contributed by atoms with van der Waals surface area (Å²) in [5.74, 6) is 0.797. The number of halogens is 1. The van der Waals surface area contributed by atoms with Crippen molar-refractivity contribution in [2.75, 3.05) is 11.8 Å². The van der Waals surface area contributed by atoms with Gasteiger partial charge in [-0.1, -0.05) is 11.6 Å². The molecule has 0 spiro atoms. The molecule has 0 radical (unpaired) electrons. The van der Waals surface area contributed by atoms with Crippen molar-refractivity contribution < 1.29 is 13.2 Å². The predicted octanol–water partition coefficient (Wildman–Crippen LogP) is 4.89. The van der Waals surface area contributed by atoms with Gasteiger partial charge >= 0.3 is 0 Å². The molecule has 1 aromatic heterocycles. The van der Waals surface area contributed by atoms with E-state index in [0.717, 1.165) is 27.4 Å². The van der Waals surface area contributed by atoms with Gasteiger partial charge in [-0.3, -0.25) is 4.72 Å². The summed E-state index contributed by atoms with van der Waals surface area (Å²) in [6.07, 6.45) is 0. The van der Waals surface area contributed by atoms with Crippen LogP contribution in [0.25, 0.3) is 11.3 Å². The molecule has 2 aromatic carbocycles. The van der Waals surface area contributed by atoms with Crippen LogP contribution in [-0.2, 0) is 10.0 Å². The standard InChI is InChI=1S/C18H17ClN2O3S2/c1-11-10-13(4-9-16(11)24-3)17-12(2)25-18(20-17)21-26(22,23)15-7-5-14(19)6-8-15/h4-10H,1-3H3,(H,20,21). The van der Waals surface area contributed by atoms with Crippen molar-refractivity contribution in [2.24, 2.45) is 0 Å². The third-order valence-electron chi connectivity index (χ3n) is 3.81. The molecule has 0 saturated carbocycles. The predicted molar refractivity (Wildman–Crippen MR) is 106 cm³/mol. The SMILES string of the molecule is COc1ccc(-c2nc(NS(=O)(=O)c3ccc(Cl)cc3)sc2C)cc1C. The zero-order valence-electron chi connectivity index (χ0n) is 14.4. The second-order valence-corrected chi connectivity index (χ2v) is 8.99. The second kappa shape index (κ2) is 7.26. The first-order chi connectivity index (χ1) is 12.3. The molecule has 0 unspecified atom stereocenters. The van der Waals surface area contributed by atoms with Gasteiger partial charge in [-0.15, -0.1) is 11.3 Å². The molecule has 3 rings (SSSR count). The van der Waals surface area contributed by atoms with Gasteiger partial charge < -0.3 is 4.74 Å². The Morgan fingerprint density at radius 3 is 2.42 bits per heavy atom. The fraction of sp³-hybridized carbons (Fsp3) is 0.167. The van der Waals surface area contributed by atoms with E-state index in [2.05, 4.69) is 9.71 Å². The molecule has 0 amide bonds. The van der Waals surface area contributed by atoms with Gasteiger partial charge in [-0.05, 0) is 61.9 Å². The number of aromatic nitrogens is 1. The van der Waals surface area contributed by atoms with Crippen LogP contribution in [0.5, 0.6) is 5.75 Å². The summed E-state index contributed by atoms with van der Waals surface area (Å²) in [7, 11) is -2.09. The quantitative estimate of drug-likeness (QED) is 0.652. The highest BCUT2D eigenvalue weighted by Crippen LogP contribution is 2.33. The summed E-state index contributed by atoms with van der Waals surface area (Å²) >= 11 is 7.10. The number of nitrogens with zero attached hydrogens (tertiary/aromatic N) is 1. The monoisotopic (exact) mass is 408 g/mol. The Morgan fingerprint density at radius 2 is 1.81 bits per heavy atom. The van der Waals surface area contributed by atoms with E-state index in [9.17, 15) is 8.42 Å². The Balaban J connectivity index is 1.91. The third kappa shape index (κ3) is 3.85. The molecule has 136 valence electrons. The molecule has 0 saturated heterocycles. The molecule has 0 fully saturated rings. The number of aryl methyl sites for hydroxylation is 2. The molecule has 1 N–H and O–H groups in total. The largest absolute Gasteiger partial charge is 0.496 e. The number of sulfonamides is 1. The summed E-state index contributed by atoms with van der Waals surface area (Å²) in [4.78, 5) is 5.52. The summed E-state index contributed by atoms with van der Waals surface area (Å²) in [6.45, 7) is 3.86. The lowest BCUT2D eigenvalue weighted by Crippen LogP contribution is -2.12. The Labute approximate surface area is 161 Å². The minimum atomic E-state index is -3.72. The van der Waals surface area contributed by atoms with Gasteiger partial charge in [0, 0.05) is 15.5 Å². The maximum absolute atomic E-state index is 12.5. The molecular formula is C18H17ClN2O3S2. The Bertz CT molecular complexity index is 1040. The van der Waals surface area contributed by atoms with Crippen LogP contribution in [0.3, 0.4) is 0 Å². The normalized spacial score (nSPS) is 11.4. The van der Waals surface area contributed by atoms with Crippen molar-refractivity contribution in [2.45, 2.75) is 18.7 Å². The Kier molecular flexibility index (Phi) is 5.22. The van der Waals surface area contributed by atoms with Crippen molar-refractivity contribution in [3.05, 3.63) is 57.9 Å². The van der Waals surface area contributed by atoms with Gasteiger partial charge in [0.15, 0.2) is 5.13 Å². The molecule has 0 aliphatic heterocycles. The fourth-order valence-electron chi connectivity index (χ4n) is 2.52. The average Bonchev–Trinajstić information content (AvgIpc) is 2.94. The molecule has 0 aliphatic carbocycles. The van der Waals surface area contributed by atoms with Crippen molar-refractivity contribution in [3.63, 3.8) is 0 Å². The van der Waals surface area contributed by atoms with Gasteiger partial charge in [0.05, 0.1) is 17.7 Å². The van der Waals surface area contributed by atoms with Gasteiger partial charge in [0.25, 0.3) is 10.0 Å². The molecule has 0 atom stereocenters. The van der Waals surface area contributed by atoms with E-state index < -0.39 is 10.0 Å². The third-order valence-corrected chi connectivity index (χ3v) is 6.43. The number of nitrogens with one attached hydrogen (secondary N) is 1. The van der Waals surface area contributed by atoms with Gasteiger partial charge in [0.1, 0.15) is 5.75 Å². The van der Waals surface area contributed by atoms with Crippen LogP contribution in [0.15, 0.2) is 47.4 Å². The summed E-state index contributed by atoms with van der Waals surface area (Å²) < 4.78 is 32.8. The van der Waals surface area contributed by atoms with E-state index in [0.29, 0.717) is 10.2 Å². The highest BCUT2D eigenvalue weighted by Gasteiger charge is 2.18. The minimum absolute atomic E-state index is 0.136. The highest BCUT2D eigenvalue weighted by molar-refractivity contribution is 7.93. The van der Waals surface area contributed by atoms with E-state index in [4.69, 9.17) is 16.3 Å². The van der Waals surface area contributed by atoms with Crippen LogP contribution in [0.2, 0.25) is 5.02 Å². The van der Waals surface area contributed by atoms with Crippen molar-refractivity contribution in [1.82, 2.24) is 4.98 Å². The molecule has 26 heavy (non-hydrogen) atoms. The van der Waals surface area contributed by atoms with Gasteiger partial charge in [-0.25, -0.2) is 13.4 Å². The number of hydrogen-bond donors (Lipinski definition) is 1. The van der Waals surface area contributed by atoms with Crippen molar-refractivity contribution in [3.8, 4) is 17.0 Å². The number of thiazole rings is 1. The van der Waals surface area contributed by atoms with E-state index in [1.54, 1.807) is 7.11 Å². The minimum Gasteiger partial charge on any atom is -0.496 e. The summed E-state index contributed by atoms with van der Waals surface area (Å²) in [5.41, 5.74) is 2.64. The molecule has 5 nitrogen and oxygen atoms in total. The number of methoxy groups -OCH3 is 1. The average molecular weight is 409 g/mol. The maximum Gasteiger partial charge on any atom is 0.263 e. The van der Waals surface area contributed by atoms with E-state index in [-0.39, 0.29) is 4.90 Å². The summed E-state index contributed by atoms with van der Waals surface area (Å²) in [6, 6.07) is 11.7. The first-order valence-electron chi connectivity index (χ1n) is 7.71. The van der Waals surface area contributed by atoms with Crippen LogP contribution in [0, 0.1) is 13.8 Å². The number of ether oxygens (including phenoxy) is 1. The highest BCUT2D eigenvalue weighted by atomic mass is 35.5. The van der Waals surface area contributed by atoms with E-state index >= 15 is 0 Å². The zero-order chi connectivity index (χ0) is 18.9. The number of benzene rings is 2.